The van der Waals surface area contributed by atoms with Crippen molar-refractivity contribution in [3.8, 4) is 0 Å². The Morgan fingerprint density at radius 3 is 3.13 bits per heavy atom. The molecule has 2 heterocycles. The fourth-order valence-electron chi connectivity index (χ4n) is 2.28. The Hall–Kier alpha value is -1.35. The van der Waals surface area contributed by atoms with E-state index < -0.39 is 0 Å². The summed E-state index contributed by atoms with van der Waals surface area (Å²) in [4.78, 5) is 0. The summed E-state index contributed by atoms with van der Waals surface area (Å²) in [5, 5.41) is 4.20. The number of hydrogen-bond acceptors (Lipinski definition) is 2. The number of fused-ring (bicyclic) bond motifs is 1. The average Bonchev–Trinajstić information content (AvgIpc) is 2.86. The van der Waals surface area contributed by atoms with Crippen molar-refractivity contribution in [3.63, 3.8) is 0 Å². The van der Waals surface area contributed by atoms with Gasteiger partial charge in [-0.05, 0) is 37.6 Å². The molecular weight excluding hydrogens is 193 g/mol. The number of halogens is 1. The lowest BCUT2D eigenvalue weighted by Crippen LogP contribution is -2.13. The predicted octanol–water partition coefficient (Wildman–Crippen LogP) is 3.00. The average molecular weight is 205 g/mol. The molecule has 1 saturated heterocycles. The SMILES string of the molecule is Fc1cc(C2CCCN2)c2occc2c1. The molecule has 15 heavy (non-hydrogen) atoms. The zero-order valence-electron chi connectivity index (χ0n) is 8.29. The molecule has 0 bridgehead atoms. The lowest BCUT2D eigenvalue weighted by molar-refractivity contribution is 0.577. The van der Waals surface area contributed by atoms with Crippen LogP contribution < -0.4 is 5.32 Å². The van der Waals surface area contributed by atoms with Gasteiger partial charge in [-0.2, -0.15) is 0 Å². The van der Waals surface area contributed by atoms with Gasteiger partial charge in [0.15, 0.2) is 0 Å². The van der Waals surface area contributed by atoms with Crippen molar-refractivity contribution >= 4 is 11.0 Å². The van der Waals surface area contributed by atoms with Gasteiger partial charge < -0.3 is 9.73 Å². The van der Waals surface area contributed by atoms with Crippen molar-refractivity contribution < 1.29 is 8.81 Å². The molecule has 0 aliphatic carbocycles. The molecule has 0 saturated carbocycles. The minimum absolute atomic E-state index is 0.187. The fourth-order valence-corrected chi connectivity index (χ4v) is 2.28. The molecule has 1 atom stereocenters. The number of nitrogens with one attached hydrogen (secondary N) is 1. The molecule has 3 rings (SSSR count). The molecule has 1 aromatic heterocycles. The van der Waals surface area contributed by atoms with Gasteiger partial charge in [0.05, 0.1) is 6.26 Å². The van der Waals surface area contributed by atoms with Crippen molar-refractivity contribution in [1.82, 2.24) is 5.32 Å². The molecule has 2 aromatic rings. The number of benzene rings is 1. The number of hydrogen-bond donors (Lipinski definition) is 1. The van der Waals surface area contributed by atoms with Gasteiger partial charge in [0, 0.05) is 17.0 Å². The van der Waals surface area contributed by atoms with Gasteiger partial charge in [-0.1, -0.05) is 0 Å². The molecule has 1 aliphatic heterocycles. The summed E-state index contributed by atoms with van der Waals surface area (Å²) in [5.41, 5.74) is 1.77. The lowest BCUT2D eigenvalue weighted by atomic mass is 10.0. The highest BCUT2D eigenvalue weighted by Crippen LogP contribution is 2.31. The summed E-state index contributed by atoms with van der Waals surface area (Å²) in [5.74, 6) is -0.187. The maximum absolute atomic E-state index is 13.4. The van der Waals surface area contributed by atoms with Crippen LogP contribution in [0, 0.1) is 5.82 Å². The summed E-state index contributed by atoms with van der Waals surface area (Å²) in [7, 11) is 0. The van der Waals surface area contributed by atoms with Crippen LogP contribution in [0.3, 0.4) is 0 Å². The summed E-state index contributed by atoms with van der Waals surface area (Å²) in [6.45, 7) is 1.00. The molecule has 3 heteroatoms. The Balaban J connectivity index is 2.18. The first-order valence-electron chi connectivity index (χ1n) is 5.24. The van der Waals surface area contributed by atoms with E-state index in [-0.39, 0.29) is 11.9 Å². The monoisotopic (exact) mass is 205 g/mol. The molecule has 1 N–H and O–H groups in total. The normalized spacial score (nSPS) is 21.3. The van der Waals surface area contributed by atoms with Crippen LogP contribution in [0.4, 0.5) is 4.39 Å². The predicted molar refractivity (Wildman–Crippen MR) is 56.1 cm³/mol. The third kappa shape index (κ3) is 1.43. The first-order chi connectivity index (χ1) is 7.34. The molecular formula is C12H12FNO. The maximum Gasteiger partial charge on any atom is 0.138 e. The standard InChI is InChI=1S/C12H12FNO/c13-9-6-8-3-5-15-12(8)10(7-9)11-2-1-4-14-11/h3,5-7,11,14H,1-2,4H2. The second kappa shape index (κ2) is 3.35. The van der Waals surface area contributed by atoms with Crippen molar-refractivity contribution in [2.45, 2.75) is 18.9 Å². The van der Waals surface area contributed by atoms with Gasteiger partial charge >= 0.3 is 0 Å². The van der Waals surface area contributed by atoms with Crippen molar-refractivity contribution in [1.29, 1.82) is 0 Å². The third-order valence-corrected chi connectivity index (χ3v) is 2.98. The maximum atomic E-state index is 13.4. The second-order valence-corrected chi connectivity index (χ2v) is 3.98. The summed E-state index contributed by atoms with van der Waals surface area (Å²) in [6.07, 6.45) is 3.81. The first kappa shape index (κ1) is 8.92. The molecule has 1 unspecified atom stereocenters. The van der Waals surface area contributed by atoms with E-state index in [0.717, 1.165) is 35.9 Å². The van der Waals surface area contributed by atoms with E-state index in [1.165, 1.54) is 6.07 Å². The molecule has 0 spiro atoms. The van der Waals surface area contributed by atoms with Crippen LogP contribution in [0.15, 0.2) is 28.9 Å². The minimum atomic E-state index is -0.187. The topological polar surface area (TPSA) is 25.2 Å². The first-order valence-corrected chi connectivity index (χ1v) is 5.24. The van der Waals surface area contributed by atoms with Gasteiger partial charge in [0.25, 0.3) is 0 Å². The smallest absolute Gasteiger partial charge is 0.138 e. The molecule has 1 aliphatic rings. The van der Waals surface area contributed by atoms with E-state index in [1.54, 1.807) is 18.4 Å². The Morgan fingerprint density at radius 1 is 1.40 bits per heavy atom. The summed E-state index contributed by atoms with van der Waals surface area (Å²) in [6, 6.07) is 5.14. The Labute approximate surface area is 87.1 Å². The van der Waals surface area contributed by atoms with E-state index in [0.29, 0.717) is 0 Å². The van der Waals surface area contributed by atoms with E-state index >= 15 is 0 Å². The largest absolute Gasteiger partial charge is 0.464 e. The molecule has 1 aromatic carbocycles. The zero-order chi connectivity index (χ0) is 10.3. The van der Waals surface area contributed by atoms with Gasteiger partial charge in [-0.15, -0.1) is 0 Å². The van der Waals surface area contributed by atoms with Crippen molar-refractivity contribution in [2.24, 2.45) is 0 Å². The van der Waals surface area contributed by atoms with Crippen molar-refractivity contribution in [2.75, 3.05) is 6.54 Å². The zero-order valence-corrected chi connectivity index (χ0v) is 8.29. The molecule has 78 valence electrons. The number of rotatable bonds is 1. The minimum Gasteiger partial charge on any atom is -0.464 e. The van der Waals surface area contributed by atoms with Crippen LogP contribution in [-0.2, 0) is 0 Å². The second-order valence-electron chi connectivity index (χ2n) is 3.98. The highest BCUT2D eigenvalue weighted by Gasteiger charge is 2.20. The Bertz CT molecular complexity index is 485. The van der Waals surface area contributed by atoms with E-state index in [1.807, 2.05) is 0 Å². The highest BCUT2D eigenvalue weighted by molar-refractivity contribution is 5.80. The van der Waals surface area contributed by atoms with Crippen LogP contribution in [0.5, 0.6) is 0 Å². The fraction of sp³-hybridized carbons (Fsp3) is 0.333. The molecule has 2 nitrogen and oxygen atoms in total. The summed E-state index contributed by atoms with van der Waals surface area (Å²) < 4.78 is 18.8. The van der Waals surface area contributed by atoms with Crippen LogP contribution in [-0.4, -0.2) is 6.54 Å². The van der Waals surface area contributed by atoms with Gasteiger partial charge in [-0.25, -0.2) is 4.39 Å². The molecule has 0 radical (unpaired) electrons. The van der Waals surface area contributed by atoms with Gasteiger partial charge in [-0.3, -0.25) is 0 Å². The Kier molecular flexibility index (Phi) is 1.99. The van der Waals surface area contributed by atoms with Crippen LogP contribution in [0.25, 0.3) is 11.0 Å². The lowest BCUT2D eigenvalue weighted by Gasteiger charge is -2.10. The van der Waals surface area contributed by atoms with Crippen LogP contribution in [0.2, 0.25) is 0 Å². The van der Waals surface area contributed by atoms with Crippen molar-refractivity contribution in [3.05, 3.63) is 35.8 Å². The Morgan fingerprint density at radius 2 is 2.33 bits per heavy atom. The van der Waals surface area contributed by atoms with Gasteiger partial charge in [0.1, 0.15) is 11.4 Å². The summed E-state index contributed by atoms with van der Waals surface area (Å²) >= 11 is 0. The highest BCUT2D eigenvalue weighted by atomic mass is 19.1. The van der Waals surface area contributed by atoms with E-state index in [9.17, 15) is 4.39 Å². The van der Waals surface area contributed by atoms with Crippen LogP contribution in [0.1, 0.15) is 24.4 Å². The van der Waals surface area contributed by atoms with Gasteiger partial charge in [0.2, 0.25) is 0 Å². The van der Waals surface area contributed by atoms with E-state index in [2.05, 4.69) is 5.32 Å². The quantitative estimate of drug-likeness (QED) is 0.774. The number of furan rings is 1. The van der Waals surface area contributed by atoms with Crippen LogP contribution >= 0.6 is 0 Å². The molecule has 1 fully saturated rings. The third-order valence-electron chi connectivity index (χ3n) is 2.98. The van der Waals surface area contributed by atoms with E-state index in [4.69, 9.17) is 4.42 Å². The molecule has 0 amide bonds.